The molecule has 1 aromatic carbocycles. The maximum atomic E-state index is 13.1. The number of hydrogen-bond acceptors (Lipinski definition) is 6. The summed E-state index contributed by atoms with van der Waals surface area (Å²) in [7, 11) is 0. The van der Waals surface area contributed by atoms with Gasteiger partial charge in [0.2, 0.25) is 5.95 Å². The number of carbonyl (C=O) groups excluding carboxylic acids is 1. The highest BCUT2D eigenvalue weighted by molar-refractivity contribution is 7.13. The molecule has 0 unspecified atom stereocenters. The van der Waals surface area contributed by atoms with Crippen molar-refractivity contribution in [1.82, 2.24) is 14.9 Å². The number of amides is 1. The van der Waals surface area contributed by atoms with Gasteiger partial charge in [-0.05, 0) is 35.6 Å². The Balaban J connectivity index is 1.24. The monoisotopic (exact) mass is 420 g/mol. The van der Waals surface area contributed by atoms with Gasteiger partial charge in [0.25, 0.3) is 5.91 Å². The van der Waals surface area contributed by atoms with Gasteiger partial charge < -0.3 is 14.9 Å². The molecule has 1 amide bonds. The second-order valence-electron chi connectivity index (χ2n) is 7.97. The number of likely N-dealkylation sites (tertiary alicyclic amines) is 1. The molecular weight excluding hydrogens is 400 g/mol. The van der Waals surface area contributed by atoms with E-state index in [2.05, 4.69) is 16.0 Å². The molecule has 2 aliphatic rings. The molecule has 1 spiro atoms. The van der Waals surface area contributed by atoms with Crippen LogP contribution in [0.25, 0.3) is 10.4 Å². The minimum absolute atomic E-state index is 0.0653. The zero-order valence-corrected chi connectivity index (χ0v) is 17.0. The van der Waals surface area contributed by atoms with Crippen molar-refractivity contribution in [2.24, 2.45) is 5.41 Å². The van der Waals surface area contributed by atoms with Crippen LogP contribution in [0.5, 0.6) is 0 Å². The first-order valence-corrected chi connectivity index (χ1v) is 10.6. The van der Waals surface area contributed by atoms with Crippen LogP contribution in [-0.2, 0) is 0 Å². The number of nitrogens with zero attached hydrogens (tertiary/aromatic N) is 4. The van der Waals surface area contributed by atoms with Crippen LogP contribution in [0, 0.1) is 5.41 Å². The third-order valence-electron chi connectivity index (χ3n) is 5.86. The molecule has 0 atom stereocenters. The molecule has 0 aliphatic carbocycles. The molecule has 2 aromatic heterocycles. The summed E-state index contributed by atoms with van der Waals surface area (Å²) in [6.45, 7) is 3.02. The summed E-state index contributed by atoms with van der Waals surface area (Å²) < 4.78 is 0. The predicted molar refractivity (Wildman–Crippen MR) is 114 cm³/mol. The number of rotatable bonds is 4. The normalized spacial score (nSPS) is 17.2. The molecule has 4 heterocycles. The molecule has 8 heteroatoms. The predicted octanol–water partition coefficient (Wildman–Crippen LogP) is 3.26. The smallest absolute Gasteiger partial charge is 0.338 e. The Labute approximate surface area is 177 Å². The van der Waals surface area contributed by atoms with E-state index >= 15 is 0 Å². The van der Waals surface area contributed by atoms with Crippen LogP contribution in [0.4, 0.5) is 5.95 Å². The summed E-state index contributed by atoms with van der Waals surface area (Å²) in [5.41, 5.74) is 1.94. The van der Waals surface area contributed by atoms with Crippen LogP contribution in [0.1, 0.15) is 27.1 Å². The highest BCUT2D eigenvalue weighted by Gasteiger charge is 2.49. The first kappa shape index (κ1) is 18.7. The number of benzene rings is 1. The molecule has 2 saturated heterocycles. The van der Waals surface area contributed by atoms with Crippen LogP contribution < -0.4 is 4.90 Å². The van der Waals surface area contributed by atoms with Gasteiger partial charge >= 0.3 is 5.97 Å². The van der Waals surface area contributed by atoms with Crippen LogP contribution in [0.15, 0.2) is 54.2 Å². The van der Waals surface area contributed by atoms with Crippen molar-refractivity contribution in [2.75, 3.05) is 31.1 Å². The number of aromatic nitrogens is 2. The lowest BCUT2D eigenvalue weighted by Gasteiger charge is -2.47. The molecule has 0 saturated carbocycles. The third-order valence-corrected chi connectivity index (χ3v) is 6.78. The molecular formula is C22H20N4O3S. The van der Waals surface area contributed by atoms with Gasteiger partial charge in [0.1, 0.15) is 0 Å². The second-order valence-corrected chi connectivity index (χ2v) is 8.92. The minimum Gasteiger partial charge on any atom is -0.478 e. The van der Waals surface area contributed by atoms with Crippen molar-refractivity contribution < 1.29 is 14.7 Å². The van der Waals surface area contributed by atoms with E-state index in [4.69, 9.17) is 5.11 Å². The number of aromatic carboxylic acids is 1. The van der Waals surface area contributed by atoms with Crippen LogP contribution in [-0.4, -0.2) is 58.0 Å². The maximum absolute atomic E-state index is 13.1. The van der Waals surface area contributed by atoms with Gasteiger partial charge in [-0.15, -0.1) is 11.3 Å². The number of carboxylic acids is 1. The number of carbonyl (C=O) groups is 2. The molecule has 5 rings (SSSR count). The summed E-state index contributed by atoms with van der Waals surface area (Å²) >= 11 is 1.67. The quantitative estimate of drug-likeness (QED) is 0.697. The fourth-order valence-electron chi connectivity index (χ4n) is 4.30. The Morgan fingerprint density at radius 1 is 1.03 bits per heavy atom. The Morgan fingerprint density at radius 3 is 2.53 bits per heavy atom. The number of carboxylic acid groups (broad SMARTS) is 1. The van der Waals surface area contributed by atoms with E-state index in [-0.39, 0.29) is 16.9 Å². The Morgan fingerprint density at radius 2 is 1.83 bits per heavy atom. The van der Waals surface area contributed by atoms with Gasteiger partial charge in [-0.1, -0.05) is 18.2 Å². The molecule has 7 nitrogen and oxygen atoms in total. The summed E-state index contributed by atoms with van der Waals surface area (Å²) in [5, 5.41) is 11.0. The molecule has 2 fully saturated rings. The lowest BCUT2D eigenvalue weighted by Crippen LogP contribution is -2.58. The minimum atomic E-state index is -1.03. The molecule has 0 radical (unpaired) electrons. The van der Waals surface area contributed by atoms with Gasteiger partial charge in [-0.2, -0.15) is 0 Å². The number of thiophene rings is 1. The SMILES string of the molecule is O=C(O)c1cnc(N2CC3(CCN(C(=O)c4cccc(-c5cccs5)c4)C3)C2)nc1. The summed E-state index contributed by atoms with van der Waals surface area (Å²) in [6.07, 6.45) is 3.62. The fourth-order valence-corrected chi connectivity index (χ4v) is 5.02. The van der Waals surface area contributed by atoms with Crippen molar-refractivity contribution in [3.05, 3.63) is 65.3 Å². The van der Waals surface area contributed by atoms with Crippen molar-refractivity contribution >= 4 is 29.2 Å². The van der Waals surface area contributed by atoms with E-state index < -0.39 is 5.97 Å². The lowest BCUT2D eigenvalue weighted by atomic mass is 9.79. The van der Waals surface area contributed by atoms with Gasteiger partial charge in [0, 0.05) is 54.4 Å². The van der Waals surface area contributed by atoms with Crippen LogP contribution in [0.2, 0.25) is 0 Å². The van der Waals surface area contributed by atoms with E-state index in [9.17, 15) is 9.59 Å². The molecule has 152 valence electrons. The molecule has 30 heavy (non-hydrogen) atoms. The van der Waals surface area contributed by atoms with Gasteiger partial charge in [0.15, 0.2) is 0 Å². The van der Waals surface area contributed by atoms with Crippen LogP contribution >= 0.6 is 11.3 Å². The molecule has 0 bridgehead atoms. The first-order chi connectivity index (χ1) is 14.5. The summed E-state index contributed by atoms with van der Waals surface area (Å²) in [5.74, 6) is -0.417. The number of hydrogen-bond donors (Lipinski definition) is 1. The van der Waals surface area contributed by atoms with Crippen molar-refractivity contribution in [2.45, 2.75) is 6.42 Å². The Bertz CT molecular complexity index is 1090. The van der Waals surface area contributed by atoms with E-state index in [1.54, 1.807) is 11.3 Å². The van der Waals surface area contributed by atoms with Crippen LogP contribution in [0.3, 0.4) is 0 Å². The lowest BCUT2D eigenvalue weighted by molar-refractivity contribution is 0.0695. The Hall–Kier alpha value is -3.26. The van der Waals surface area contributed by atoms with Gasteiger partial charge in [0.05, 0.1) is 5.56 Å². The van der Waals surface area contributed by atoms with E-state index in [0.29, 0.717) is 5.95 Å². The van der Waals surface area contributed by atoms with Crippen molar-refractivity contribution in [3.63, 3.8) is 0 Å². The topological polar surface area (TPSA) is 86.6 Å². The standard InChI is InChI=1S/C22H20N4O3S/c27-19(16-4-1-3-15(9-16)18-5-2-8-30-18)25-7-6-22(12-25)13-26(14-22)21-23-10-17(11-24-21)20(28)29/h1-5,8-11H,6-7,12-14H2,(H,28,29). The van der Waals surface area contributed by atoms with Crippen molar-refractivity contribution in [3.8, 4) is 10.4 Å². The summed E-state index contributed by atoms with van der Waals surface area (Å²) in [4.78, 5) is 37.5. The van der Waals surface area contributed by atoms with Gasteiger partial charge in [-0.25, -0.2) is 14.8 Å². The average Bonchev–Trinajstić information content (AvgIpc) is 3.43. The average molecular weight is 420 g/mol. The highest BCUT2D eigenvalue weighted by Crippen LogP contribution is 2.41. The van der Waals surface area contributed by atoms with E-state index in [1.165, 1.54) is 12.4 Å². The third kappa shape index (κ3) is 3.33. The zero-order chi connectivity index (χ0) is 20.7. The maximum Gasteiger partial charge on any atom is 0.338 e. The Kier molecular flexibility index (Phi) is 4.51. The van der Waals surface area contributed by atoms with E-state index in [1.807, 2.05) is 45.5 Å². The molecule has 3 aromatic rings. The molecule has 2 aliphatic heterocycles. The first-order valence-electron chi connectivity index (χ1n) is 9.77. The van der Waals surface area contributed by atoms with Gasteiger partial charge in [-0.3, -0.25) is 4.79 Å². The number of anilines is 1. The molecule has 1 N–H and O–H groups in total. The van der Waals surface area contributed by atoms with Crippen molar-refractivity contribution in [1.29, 1.82) is 0 Å². The highest BCUT2D eigenvalue weighted by atomic mass is 32.1. The second kappa shape index (κ2) is 7.21. The summed E-state index contributed by atoms with van der Waals surface area (Å²) in [6, 6.07) is 11.9. The van der Waals surface area contributed by atoms with E-state index in [0.717, 1.165) is 48.6 Å². The fraction of sp³-hybridized carbons (Fsp3) is 0.273. The zero-order valence-electron chi connectivity index (χ0n) is 16.2. The largest absolute Gasteiger partial charge is 0.478 e.